The molecule has 3 unspecified atom stereocenters. The van der Waals surface area contributed by atoms with Crippen molar-refractivity contribution in [3.63, 3.8) is 0 Å². The zero-order valence-corrected chi connectivity index (χ0v) is 14.7. The van der Waals surface area contributed by atoms with Crippen molar-refractivity contribution in [3.05, 3.63) is 30.3 Å². The molecule has 0 aliphatic rings. The molecule has 1 aromatic rings. The lowest BCUT2D eigenvalue weighted by atomic mass is 10.3. The second kappa shape index (κ2) is 7.28. The fourth-order valence-corrected chi connectivity index (χ4v) is 11.5. The van der Waals surface area contributed by atoms with Gasteiger partial charge in [-0.1, -0.05) is 96.3 Å². The van der Waals surface area contributed by atoms with Crippen molar-refractivity contribution in [1.82, 2.24) is 0 Å². The maximum Gasteiger partial charge on any atom is 0.0950 e. The molecule has 1 rings (SSSR count). The van der Waals surface area contributed by atoms with Gasteiger partial charge in [0.1, 0.15) is 0 Å². The number of hydrogen-bond acceptors (Lipinski definition) is 0. The fraction of sp³-hybridized carbons (Fsp3) is 0.667. The number of benzene rings is 1. The van der Waals surface area contributed by atoms with Crippen LogP contribution in [0.5, 0.6) is 0 Å². The zero-order chi connectivity index (χ0) is 14.5. The van der Waals surface area contributed by atoms with Crippen molar-refractivity contribution >= 4 is 13.3 Å². The first-order valence-electron chi connectivity index (χ1n) is 8.10. The minimum Gasteiger partial charge on any atom is -0.0654 e. The summed E-state index contributed by atoms with van der Waals surface area (Å²) in [5, 5.41) is 1.69. The molecule has 0 saturated carbocycles. The summed E-state index contributed by atoms with van der Waals surface area (Å²) in [6.45, 7) is 14.7. The Kier molecular flexibility index (Phi) is 6.32. The predicted octanol–water partition coefficient (Wildman–Crippen LogP) is 5.74. The van der Waals surface area contributed by atoms with Gasteiger partial charge in [0, 0.05) is 0 Å². The van der Waals surface area contributed by atoms with E-state index in [-0.39, 0.29) is 0 Å². The molecule has 1 heteroatoms. The summed E-state index contributed by atoms with van der Waals surface area (Å²) >= 11 is 0. The Morgan fingerprint density at radius 1 is 0.737 bits per heavy atom. The van der Waals surface area contributed by atoms with E-state index in [1.165, 1.54) is 19.3 Å². The van der Waals surface area contributed by atoms with E-state index in [2.05, 4.69) is 71.9 Å². The molecule has 0 bridgehead atoms. The summed E-state index contributed by atoms with van der Waals surface area (Å²) in [7, 11) is -1.48. The van der Waals surface area contributed by atoms with Crippen LogP contribution in [0.3, 0.4) is 0 Å². The van der Waals surface area contributed by atoms with Crippen molar-refractivity contribution in [2.45, 2.75) is 77.4 Å². The highest BCUT2D eigenvalue weighted by Gasteiger charge is 2.47. The van der Waals surface area contributed by atoms with Crippen molar-refractivity contribution in [1.29, 1.82) is 0 Å². The van der Waals surface area contributed by atoms with E-state index in [9.17, 15) is 0 Å². The molecule has 0 fully saturated rings. The molecular formula is C18H32Si. The third-order valence-corrected chi connectivity index (χ3v) is 13.0. The Bertz CT molecular complexity index is 331. The highest BCUT2D eigenvalue weighted by molar-refractivity contribution is 6.95. The van der Waals surface area contributed by atoms with Crippen LogP contribution in [0.1, 0.15) is 60.8 Å². The van der Waals surface area contributed by atoms with Crippen molar-refractivity contribution in [2.75, 3.05) is 0 Å². The summed E-state index contributed by atoms with van der Waals surface area (Å²) in [4.78, 5) is 0. The van der Waals surface area contributed by atoms with Gasteiger partial charge in [-0.25, -0.2) is 0 Å². The fourth-order valence-electron chi connectivity index (χ4n) is 4.05. The number of rotatable bonds is 7. The van der Waals surface area contributed by atoms with Gasteiger partial charge in [-0.15, -0.1) is 0 Å². The van der Waals surface area contributed by atoms with Gasteiger partial charge in [-0.05, 0) is 16.6 Å². The second-order valence-corrected chi connectivity index (χ2v) is 11.6. The van der Waals surface area contributed by atoms with Crippen LogP contribution in [-0.2, 0) is 0 Å². The third kappa shape index (κ3) is 2.96. The smallest absolute Gasteiger partial charge is 0.0654 e. The maximum absolute atomic E-state index is 2.51. The van der Waals surface area contributed by atoms with Gasteiger partial charge in [-0.3, -0.25) is 0 Å². The van der Waals surface area contributed by atoms with Crippen molar-refractivity contribution in [2.24, 2.45) is 0 Å². The summed E-state index contributed by atoms with van der Waals surface area (Å²) in [5.74, 6) is 0. The normalized spacial score (nSPS) is 19.5. The molecule has 0 nitrogen and oxygen atoms in total. The molecule has 1 aromatic carbocycles. The van der Waals surface area contributed by atoms with Gasteiger partial charge in [0.05, 0.1) is 8.07 Å². The minimum atomic E-state index is -1.48. The molecule has 0 amide bonds. The molecule has 3 atom stereocenters. The molecule has 0 radical (unpaired) electrons. The Hall–Kier alpha value is -0.563. The first kappa shape index (κ1) is 16.5. The Labute approximate surface area is 121 Å². The lowest BCUT2D eigenvalue weighted by molar-refractivity contribution is 0.700. The summed E-state index contributed by atoms with van der Waals surface area (Å²) in [6, 6.07) is 11.5. The first-order chi connectivity index (χ1) is 9.05. The van der Waals surface area contributed by atoms with Gasteiger partial charge in [0.15, 0.2) is 0 Å². The van der Waals surface area contributed by atoms with E-state index in [1.807, 2.05) is 0 Å². The van der Waals surface area contributed by atoms with Crippen LogP contribution in [0.4, 0.5) is 0 Å². The SMILES string of the molecule is CCC(C)[Si](c1ccccc1)(C(C)CC)C(C)CC. The van der Waals surface area contributed by atoms with Crippen LogP contribution in [0.2, 0.25) is 16.6 Å². The zero-order valence-electron chi connectivity index (χ0n) is 13.7. The number of hydrogen-bond donors (Lipinski definition) is 0. The van der Waals surface area contributed by atoms with Gasteiger partial charge >= 0.3 is 0 Å². The Morgan fingerprint density at radius 2 is 1.11 bits per heavy atom. The third-order valence-electron chi connectivity index (χ3n) is 5.56. The van der Waals surface area contributed by atoms with E-state index >= 15 is 0 Å². The largest absolute Gasteiger partial charge is 0.0950 e. The molecular weight excluding hydrogens is 244 g/mol. The Morgan fingerprint density at radius 3 is 1.42 bits per heavy atom. The minimum absolute atomic E-state index is 0.861. The second-order valence-electron chi connectivity index (χ2n) is 6.23. The molecule has 19 heavy (non-hydrogen) atoms. The molecule has 0 spiro atoms. The quantitative estimate of drug-likeness (QED) is 0.557. The van der Waals surface area contributed by atoms with Crippen LogP contribution in [0.15, 0.2) is 30.3 Å². The molecule has 108 valence electrons. The van der Waals surface area contributed by atoms with Crippen LogP contribution >= 0.6 is 0 Å². The van der Waals surface area contributed by atoms with Crippen LogP contribution in [0.25, 0.3) is 0 Å². The van der Waals surface area contributed by atoms with E-state index in [4.69, 9.17) is 0 Å². The van der Waals surface area contributed by atoms with Gasteiger partial charge < -0.3 is 0 Å². The molecule has 0 heterocycles. The maximum atomic E-state index is 2.51. The van der Waals surface area contributed by atoms with Gasteiger partial charge in [-0.2, -0.15) is 0 Å². The predicted molar refractivity (Wildman–Crippen MR) is 91.0 cm³/mol. The Balaban J connectivity index is 3.43. The van der Waals surface area contributed by atoms with Gasteiger partial charge in [0.25, 0.3) is 0 Å². The van der Waals surface area contributed by atoms with E-state index in [0.29, 0.717) is 0 Å². The van der Waals surface area contributed by atoms with Crippen molar-refractivity contribution in [3.8, 4) is 0 Å². The highest BCUT2D eigenvalue weighted by Crippen LogP contribution is 2.45. The average molecular weight is 277 g/mol. The highest BCUT2D eigenvalue weighted by atomic mass is 28.3. The standard InChI is InChI=1S/C18H32Si/c1-7-15(4)19(16(5)8-2,17(6)9-3)18-13-11-10-12-14-18/h10-17H,7-9H2,1-6H3. The molecule has 0 N–H and O–H groups in total. The summed E-state index contributed by atoms with van der Waals surface area (Å²) in [5.41, 5.74) is 2.58. The lowest BCUT2D eigenvalue weighted by Crippen LogP contribution is -2.57. The lowest BCUT2D eigenvalue weighted by Gasteiger charge is -2.47. The van der Waals surface area contributed by atoms with Gasteiger partial charge in [0.2, 0.25) is 0 Å². The van der Waals surface area contributed by atoms with E-state index < -0.39 is 8.07 Å². The van der Waals surface area contributed by atoms with Crippen LogP contribution in [0, 0.1) is 0 Å². The topological polar surface area (TPSA) is 0 Å². The van der Waals surface area contributed by atoms with Crippen LogP contribution in [-0.4, -0.2) is 8.07 Å². The molecule has 0 saturated heterocycles. The van der Waals surface area contributed by atoms with E-state index in [1.54, 1.807) is 5.19 Å². The first-order valence-corrected chi connectivity index (χ1v) is 10.3. The van der Waals surface area contributed by atoms with Crippen molar-refractivity contribution < 1.29 is 0 Å². The summed E-state index contributed by atoms with van der Waals surface area (Å²) < 4.78 is 0. The molecule has 0 aliphatic carbocycles. The molecule has 0 aliphatic heterocycles. The average Bonchev–Trinajstić information content (AvgIpc) is 2.47. The molecule has 0 aromatic heterocycles. The van der Waals surface area contributed by atoms with E-state index in [0.717, 1.165) is 16.6 Å². The van der Waals surface area contributed by atoms with Crippen LogP contribution < -0.4 is 5.19 Å². The monoisotopic (exact) mass is 276 g/mol. The summed E-state index contributed by atoms with van der Waals surface area (Å²) in [6.07, 6.45) is 3.95.